The maximum absolute atomic E-state index is 13.6. The first-order chi connectivity index (χ1) is 17.4. The topological polar surface area (TPSA) is 110 Å². The minimum atomic E-state index is -0.754. The third kappa shape index (κ3) is 5.51. The van der Waals surface area contributed by atoms with E-state index in [0.29, 0.717) is 16.4 Å². The summed E-state index contributed by atoms with van der Waals surface area (Å²) < 4.78 is 19.0. The highest BCUT2D eigenvalue weighted by atomic mass is 32.1. The number of morpholine rings is 1. The third-order valence-electron chi connectivity index (χ3n) is 5.87. The van der Waals surface area contributed by atoms with Crippen molar-refractivity contribution in [2.24, 2.45) is 5.73 Å². The number of benzene rings is 3. The highest BCUT2D eigenvalue weighted by Crippen LogP contribution is 2.32. The summed E-state index contributed by atoms with van der Waals surface area (Å²) in [6.07, 6.45) is 0. The van der Waals surface area contributed by atoms with E-state index in [1.165, 1.54) is 12.1 Å². The Morgan fingerprint density at radius 3 is 2.53 bits per heavy atom. The molecule has 0 spiro atoms. The number of fused-ring (bicyclic) bond motifs is 1. The van der Waals surface area contributed by atoms with E-state index in [-0.39, 0.29) is 22.4 Å². The summed E-state index contributed by atoms with van der Waals surface area (Å²) in [5.74, 6) is -1.45. The first kappa shape index (κ1) is 23.9. The monoisotopic (exact) mass is 505 g/mol. The SMILES string of the molecule is NC(=O)c1nc(Nc2ccc3ccc(F)cc3c2)sc1NC(=O)c1ccc(CN2CCOCC2)cc1. The Balaban J connectivity index is 1.29. The van der Waals surface area contributed by atoms with Crippen molar-refractivity contribution in [2.45, 2.75) is 6.54 Å². The van der Waals surface area contributed by atoms with Crippen molar-refractivity contribution >= 4 is 49.7 Å². The second-order valence-corrected chi connectivity index (χ2v) is 9.43. The van der Waals surface area contributed by atoms with Gasteiger partial charge in [-0.25, -0.2) is 9.37 Å². The fourth-order valence-electron chi connectivity index (χ4n) is 4.00. The number of hydrogen-bond acceptors (Lipinski definition) is 7. The van der Waals surface area contributed by atoms with Gasteiger partial charge in [-0.2, -0.15) is 0 Å². The molecule has 1 aliphatic rings. The van der Waals surface area contributed by atoms with Crippen molar-refractivity contribution in [3.8, 4) is 0 Å². The predicted molar refractivity (Wildman–Crippen MR) is 138 cm³/mol. The van der Waals surface area contributed by atoms with Crippen LogP contribution in [0.25, 0.3) is 10.8 Å². The molecule has 5 rings (SSSR count). The van der Waals surface area contributed by atoms with Crippen LogP contribution in [-0.4, -0.2) is 48.0 Å². The number of halogens is 1. The zero-order valence-corrected chi connectivity index (χ0v) is 20.1. The van der Waals surface area contributed by atoms with Gasteiger partial charge in [-0.1, -0.05) is 35.6 Å². The lowest BCUT2D eigenvalue weighted by Gasteiger charge is -2.26. The van der Waals surface area contributed by atoms with E-state index in [1.54, 1.807) is 24.3 Å². The molecule has 10 heteroatoms. The summed E-state index contributed by atoms with van der Waals surface area (Å²) >= 11 is 1.09. The Kier molecular flexibility index (Phi) is 6.90. The van der Waals surface area contributed by atoms with E-state index in [9.17, 15) is 14.0 Å². The third-order valence-corrected chi connectivity index (χ3v) is 6.75. The van der Waals surface area contributed by atoms with Crippen LogP contribution in [0.2, 0.25) is 0 Å². The minimum absolute atomic E-state index is 0.0355. The molecular formula is C26H24FN5O3S. The normalized spacial score (nSPS) is 14.0. The van der Waals surface area contributed by atoms with Crippen molar-refractivity contribution in [3.05, 3.63) is 83.3 Å². The summed E-state index contributed by atoms with van der Waals surface area (Å²) in [7, 11) is 0. The lowest BCUT2D eigenvalue weighted by Crippen LogP contribution is -2.35. The van der Waals surface area contributed by atoms with Crippen LogP contribution in [0.1, 0.15) is 26.4 Å². The van der Waals surface area contributed by atoms with Gasteiger partial charge >= 0.3 is 0 Å². The highest BCUT2D eigenvalue weighted by Gasteiger charge is 2.19. The molecule has 184 valence electrons. The van der Waals surface area contributed by atoms with Gasteiger partial charge in [0.05, 0.1) is 13.2 Å². The Hall–Kier alpha value is -3.86. The minimum Gasteiger partial charge on any atom is -0.379 e. The van der Waals surface area contributed by atoms with Gasteiger partial charge in [-0.15, -0.1) is 0 Å². The van der Waals surface area contributed by atoms with E-state index in [2.05, 4.69) is 20.5 Å². The molecule has 1 fully saturated rings. The van der Waals surface area contributed by atoms with Gasteiger partial charge in [0.1, 0.15) is 10.8 Å². The summed E-state index contributed by atoms with van der Waals surface area (Å²) in [5.41, 5.74) is 7.69. The summed E-state index contributed by atoms with van der Waals surface area (Å²) in [5, 5.41) is 8.09. The van der Waals surface area contributed by atoms with Gasteiger partial charge in [0, 0.05) is 30.9 Å². The van der Waals surface area contributed by atoms with Crippen LogP contribution >= 0.6 is 11.3 Å². The zero-order valence-electron chi connectivity index (χ0n) is 19.3. The Bertz CT molecular complexity index is 1420. The smallest absolute Gasteiger partial charge is 0.270 e. The number of thiazole rings is 1. The van der Waals surface area contributed by atoms with Crippen molar-refractivity contribution in [1.82, 2.24) is 9.88 Å². The lowest BCUT2D eigenvalue weighted by molar-refractivity contribution is 0.0342. The van der Waals surface area contributed by atoms with E-state index in [0.717, 1.165) is 60.5 Å². The number of carbonyl (C=O) groups excluding carboxylic acids is 2. The molecule has 0 saturated carbocycles. The molecule has 0 atom stereocenters. The van der Waals surface area contributed by atoms with Crippen LogP contribution in [0, 0.1) is 5.82 Å². The number of amides is 2. The van der Waals surface area contributed by atoms with E-state index < -0.39 is 5.91 Å². The number of nitrogens with one attached hydrogen (secondary N) is 2. The van der Waals surface area contributed by atoms with Gasteiger partial charge in [-0.3, -0.25) is 14.5 Å². The number of nitrogens with two attached hydrogens (primary N) is 1. The molecule has 0 radical (unpaired) electrons. The predicted octanol–water partition coefficient (Wildman–Crippen LogP) is 4.36. The van der Waals surface area contributed by atoms with Crippen LogP contribution in [0.4, 0.5) is 20.2 Å². The highest BCUT2D eigenvalue weighted by molar-refractivity contribution is 7.20. The zero-order chi connectivity index (χ0) is 25.1. The number of aromatic nitrogens is 1. The number of primary amides is 1. The summed E-state index contributed by atoms with van der Waals surface area (Å²) in [6, 6.07) is 17.3. The van der Waals surface area contributed by atoms with Crippen molar-refractivity contribution in [3.63, 3.8) is 0 Å². The average molecular weight is 506 g/mol. The quantitative estimate of drug-likeness (QED) is 0.344. The molecular weight excluding hydrogens is 481 g/mol. The van der Waals surface area contributed by atoms with Gasteiger partial charge < -0.3 is 21.1 Å². The second-order valence-electron chi connectivity index (χ2n) is 8.43. The van der Waals surface area contributed by atoms with Gasteiger partial charge in [0.25, 0.3) is 11.8 Å². The summed E-state index contributed by atoms with van der Waals surface area (Å²) in [6.45, 7) is 4.02. The van der Waals surface area contributed by atoms with Gasteiger partial charge in [0.2, 0.25) is 0 Å². The maximum atomic E-state index is 13.6. The molecule has 2 heterocycles. The fraction of sp³-hybridized carbons (Fsp3) is 0.192. The van der Waals surface area contributed by atoms with Gasteiger partial charge in [0.15, 0.2) is 10.8 Å². The molecule has 4 N–H and O–H groups in total. The molecule has 1 aliphatic heterocycles. The van der Waals surface area contributed by atoms with Crippen molar-refractivity contribution < 1.29 is 18.7 Å². The second kappa shape index (κ2) is 10.4. The van der Waals surface area contributed by atoms with Crippen molar-refractivity contribution in [1.29, 1.82) is 0 Å². The van der Waals surface area contributed by atoms with Gasteiger partial charge in [-0.05, 0) is 52.7 Å². The van der Waals surface area contributed by atoms with Crippen LogP contribution in [0.15, 0.2) is 60.7 Å². The van der Waals surface area contributed by atoms with Crippen LogP contribution in [0.3, 0.4) is 0 Å². The standard InChI is InChI=1S/C26H24FN5O3S/c27-20-7-5-17-6-8-21(14-19(17)13-20)29-26-30-22(23(28)33)25(36-26)31-24(34)18-3-1-16(2-4-18)15-32-9-11-35-12-10-32/h1-8,13-14H,9-12,15H2,(H2,28,33)(H,29,30)(H,31,34). The van der Waals surface area contributed by atoms with Crippen molar-refractivity contribution in [2.75, 3.05) is 36.9 Å². The first-order valence-corrected chi connectivity index (χ1v) is 12.2. The number of hydrogen-bond donors (Lipinski definition) is 3. The Morgan fingerprint density at radius 2 is 1.78 bits per heavy atom. The Morgan fingerprint density at radius 1 is 1.03 bits per heavy atom. The number of ether oxygens (including phenoxy) is 1. The molecule has 0 unspecified atom stereocenters. The molecule has 36 heavy (non-hydrogen) atoms. The molecule has 1 aromatic heterocycles. The lowest BCUT2D eigenvalue weighted by atomic mass is 10.1. The fourth-order valence-corrected chi connectivity index (χ4v) is 4.88. The maximum Gasteiger partial charge on any atom is 0.270 e. The van der Waals surface area contributed by atoms with E-state index in [4.69, 9.17) is 10.5 Å². The van der Waals surface area contributed by atoms with Crippen LogP contribution in [0.5, 0.6) is 0 Å². The van der Waals surface area contributed by atoms with Crippen LogP contribution < -0.4 is 16.4 Å². The summed E-state index contributed by atoms with van der Waals surface area (Å²) in [4.78, 5) is 31.4. The van der Waals surface area contributed by atoms with Crippen LogP contribution in [-0.2, 0) is 11.3 Å². The molecule has 2 amide bonds. The molecule has 3 aromatic carbocycles. The molecule has 1 saturated heterocycles. The number of nitrogens with zero attached hydrogens (tertiary/aromatic N) is 2. The molecule has 0 aliphatic carbocycles. The average Bonchev–Trinajstić information content (AvgIpc) is 3.27. The van der Waals surface area contributed by atoms with E-state index >= 15 is 0 Å². The molecule has 0 bridgehead atoms. The number of carbonyl (C=O) groups is 2. The number of rotatable bonds is 7. The Labute approximate surface area is 210 Å². The molecule has 8 nitrogen and oxygen atoms in total. The molecule has 4 aromatic rings. The number of anilines is 3. The first-order valence-electron chi connectivity index (χ1n) is 11.4. The van der Waals surface area contributed by atoms with E-state index in [1.807, 2.05) is 24.3 Å². The largest absolute Gasteiger partial charge is 0.379 e.